The van der Waals surface area contributed by atoms with Gasteiger partial charge in [0.15, 0.2) is 0 Å². The van der Waals surface area contributed by atoms with Crippen molar-refractivity contribution < 1.29 is 9.50 Å². The molecule has 1 N–H and O–H groups in total. The second-order valence-electron chi connectivity index (χ2n) is 2.79. The van der Waals surface area contributed by atoms with Crippen LogP contribution in [0.1, 0.15) is 18.6 Å². The SMILES string of the molecule is CC(Cl)C(O)c1cc(Br)ccc1F. The number of hydrogen-bond donors (Lipinski definition) is 1. The van der Waals surface area contributed by atoms with Crippen LogP contribution in [0.2, 0.25) is 0 Å². The zero-order chi connectivity index (χ0) is 10.0. The van der Waals surface area contributed by atoms with Gasteiger partial charge in [0.2, 0.25) is 0 Å². The first kappa shape index (κ1) is 11.0. The molecule has 1 aromatic carbocycles. The molecule has 0 aromatic heterocycles. The molecule has 13 heavy (non-hydrogen) atoms. The van der Waals surface area contributed by atoms with E-state index in [4.69, 9.17) is 11.6 Å². The van der Waals surface area contributed by atoms with Crippen LogP contribution in [0.15, 0.2) is 22.7 Å². The number of rotatable bonds is 2. The molecule has 0 spiro atoms. The van der Waals surface area contributed by atoms with Gasteiger partial charge in [-0.05, 0) is 25.1 Å². The molecular weight excluding hydrogens is 258 g/mol. The van der Waals surface area contributed by atoms with Gasteiger partial charge in [0, 0.05) is 10.0 Å². The van der Waals surface area contributed by atoms with Crippen molar-refractivity contribution in [1.29, 1.82) is 0 Å². The van der Waals surface area contributed by atoms with Crippen LogP contribution in [0, 0.1) is 5.82 Å². The molecule has 0 aliphatic heterocycles. The summed E-state index contributed by atoms with van der Waals surface area (Å²) in [5.41, 5.74) is 0.219. The summed E-state index contributed by atoms with van der Waals surface area (Å²) < 4.78 is 13.9. The third kappa shape index (κ3) is 2.66. The van der Waals surface area contributed by atoms with E-state index in [1.54, 1.807) is 13.0 Å². The van der Waals surface area contributed by atoms with Crippen LogP contribution < -0.4 is 0 Å². The summed E-state index contributed by atoms with van der Waals surface area (Å²) in [6.07, 6.45) is -0.973. The molecule has 72 valence electrons. The van der Waals surface area contributed by atoms with Gasteiger partial charge in [-0.25, -0.2) is 4.39 Å². The van der Waals surface area contributed by atoms with E-state index in [2.05, 4.69) is 15.9 Å². The van der Waals surface area contributed by atoms with Crippen molar-refractivity contribution in [1.82, 2.24) is 0 Å². The average molecular weight is 268 g/mol. The Bertz CT molecular complexity index is 304. The van der Waals surface area contributed by atoms with Crippen molar-refractivity contribution in [2.24, 2.45) is 0 Å². The van der Waals surface area contributed by atoms with E-state index in [1.165, 1.54) is 12.1 Å². The lowest BCUT2D eigenvalue weighted by Crippen LogP contribution is -2.10. The standard InChI is InChI=1S/C9H9BrClFO/c1-5(11)9(13)7-4-6(10)2-3-8(7)12/h2-5,9,13H,1H3. The second kappa shape index (κ2) is 4.40. The molecule has 0 aliphatic carbocycles. The monoisotopic (exact) mass is 266 g/mol. The van der Waals surface area contributed by atoms with Crippen LogP contribution in [-0.2, 0) is 0 Å². The molecule has 0 saturated heterocycles. The van der Waals surface area contributed by atoms with E-state index in [0.29, 0.717) is 0 Å². The third-order valence-corrected chi connectivity index (χ3v) is 2.44. The number of halogens is 3. The lowest BCUT2D eigenvalue weighted by Gasteiger charge is -2.14. The van der Waals surface area contributed by atoms with Gasteiger partial charge >= 0.3 is 0 Å². The van der Waals surface area contributed by atoms with Crippen LogP contribution >= 0.6 is 27.5 Å². The van der Waals surface area contributed by atoms with Gasteiger partial charge in [-0.2, -0.15) is 0 Å². The maximum absolute atomic E-state index is 13.1. The lowest BCUT2D eigenvalue weighted by molar-refractivity contribution is 0.172. The molecule has 0 heterocycles. The van der Waals surface area contributed by atoms with Crippen LogP contribution in [-0.4, -0.2) is 10.5 Å². The Morgan fingerprint density at radius 3 is 2.69 bits per heavy atom. The van der Waals surface area contributed by atoms with E-state index >= 15 is 0 Å². The Labute approximate surface area is 89.7 Å². The summed E-state index contributed by atoms with van der Waals surface area (Å²) in [6.45, 7) is 1.62. The molecule has 0 bridgehead atoms. The highest BCUT2D eigenvalue weighted by Crippen LogP contribution is 2.25. The highest BCUT2D eigenvalue weighted by Gasteiger charge is 2.17. The number of benzene rings is 1. The largest absolute Gasteiger partial charge is 0.387 e. The van der Waals surface area contributed by atoms with Crippen molar-refractivity contribution in [3.8, 4) is 0 Å². The molecule has 0 amide bonds. The molecule has 4 heteroatoms. The molecule has 0 saturated carbocycles. The summed E-state index contributed by atoms with van der Waals surface area (Å²) in [7, 11) is 0. The van der Waals surface area contributed by atoms with Crippen molar-refractivity contribution in [3.63, 3.8) is 0 Å². The molecule has 2 atom stereocenters. The summed E-state index contributed by atoms with van der Waals surface area (Å²) >= 11 is 8.85. The number of hydrogen-bond acceptors (Lipinski definition) is 1. The lowest BCUT2D eigenvalue weighted by atomic mass is 10.1. The van der Waals surface area contributed by atoms with Gasteiger partial charge in [0.1, 0.15) is 5.82 Å². The number of aliphatic hydroxyl groups is 1. The maximum Gasteiger partial charge on any atom is 0.129 e. The second-order valence-corrected chi connectivity index (χ2v) is 4.39. The Balaban J connectivity index is 3.05. The normalized spacial score (nSPS) is 15.5. The number of alkyl halides is 1. The van der Waals surface area contributed by atoms with E-state index in [1.807, 2.05) is 0 Å². The first-order valence-corrected chi connectivity index (χ1v) is 5.02. The molecule has 2 unspecified atom stereocenters. The van der Waals surface area contributed by atoms with Gasteiger partial charge in [-0.1, -0.05) is 15.9 Å². The minimum atomic E-state index is -0.973. The van der Waals surface area contributed by atoms with Crippen LogP contribution in [0.5, 0.6) is 0 Å². The fraction of sp³-hybridized carbons (Fsp3) is 0.333. The van der Waals surface area contributed by atoms with Crippen molar-refractivity contribution >= 4 is 27.5 Å². The Morgan fingerprint density at radius 2 is 2.15 bits per heavy atom. The smallest absolute Gasteiger partial charge is 0.129 e. The van der Waals surface area contributed by atoms with E-state index in [9.17, 15) is 9.50 Å². The molecular formula is C9H9BrClFO. The van der Waals surface area contributed by atoms with E-state index < -0.39 is 17.3 Å². The number of aliphatic hydroxyl groups excluding tert-OH is 1. The molecule has 1 aromatic rings. The predicted molar refractivity (Wildman–Crippen MR) is 54.4 cm³/mol. The Morgan fingerprint density at radius 1 is 1.54 bits per heavy atom. The quantitative estimate of drug-likeness (QED) is 0.816. The zero-order valence-corrected chi connectivity index (χ0v) is 9.31. The summed E-state index contributed by atoms with van der Waals surface area (Å²) in [5, 5.41) is 9.00. The van der Waals surface area contributed by atoms with Gasteiger partial charge in [0.25, 0.3) is 0 Å². The van der Waals surface area contributed by atoms with E-state index in [-0.39, 0.29) is 5.56 Å². The van der Waals surface area contributed by atoms with Crippen LogP contribution in [0.25, 0.3) is 0 Å². The van der Waals surface area contributed by atoms with Crippen LogP contribution in [0.4, 0.5) is 4.39 Å². The predicted octanol–water partition coefficient (Wildman–Crippen LogP) is 3.25. The first-order chi connectivity index (χ1) is 6.02. The molecule has 1 nitrogen and oxygen atoms in total. The van der Waals surface area contributed by atoms with E-state index in [0.717, 1.165) is 4.47 Å². The van der Waals surface area contributed by atoms with Crippen molar-refractivity contribution in [2.75, 3.05) is 0 Å². The first-order valence-electron chi connectivity index (χ1n) is 3.79. The molecule has 0 fully saturated rings. The topological polar surface area (TPSA) is 20.2 Å². The highest BCUT2D eigenvalue weighted by atomic mass is 79.9. The third-order valence-electron chi connectivity index (χ3n) is 1.71. The van der Waals surface area contributed by atoms with Gasteiger partial charge in [-0.3, -0.25) is 0 Å². The Kier molecular flexibility index (Phi) is 3.71. The minimum Gasteiger partial charge on any atom is -0.387 e. The molecule has 0 aliphatic rings. The van der Waals surface area contributed by atoms with Crippen molar-refractivity contribution in [2.45, 2.75) is 18.4 Å². The molecule has 1 rings (SSSR count). The van der Waals surface area contributed by atoms with Gasteiger partial charge < -0.3 is 5.11 Å². The highest BCUT2D eigenvalue weighted by molar-refractivity contribution is 9.10. The zero-order valence-electron chi connectivity index (χ0n) is 6.97. The van der Waals surface area contributed by atoms with Gasteiger partial charge in [0.05, 0.1) is 11.5 Å². The summed E-state index contributed by atoms with van der Waals surface area (Å²) in [4.78, 5) is 0. The summed E-state index contributed by atoms with van der Waals surface area (Å²) in [5.74, 6) is -0.441. The average Bonchev–Trinajstić information content (AvgIpc) is 2.08. The fourth-order valence-corrected chi connectivity index (χ4v) is 1.50. The summed E-state index contributed by atoms with van der Waals surface area (Å²) in [6, 6.07) is 4.39. The maximum atomic E-state index is 13.1. The molecule has 0 radical (unpaired) electrons. The minimum absolute atomic E-state index is 0.219. The Hall–Kier alpha value is -0.120. The van der Waals surface area contributed by atoms with Gasteiger partial charge in [-0.15, -0.1) is 11.6 Å². The van der Waals surface area contributed by atoms with Crippen LogP contribution in [0.3, 0.4) is 0 Å². The van der Waals surface area contributed by atoms with Crippen molar-refractivity contribution in [3.05, 3.63) is 34.1 Å². The fourth-order valence-electron chi connectivity index (χ4n) is 0.989.